The molecule has 8 rings (SSSR count). The van der Waals surface area contributed by atoms with Crippen LogP contribution in [0.25, 0.3) is 11.1 Å². The Hall–Kier alpha value is -6.51. The van der Waals surface area contributed by atoms with Crippen LogP contribution < -0.4 is 9.64 Å². The molecule has 0 spiro atoms. The predicted octanol–water partition coefficient (Wildman–Crippen LogP) is 9.79. The van der Waals surface area contributed by atoms with Crippen molar-refractivity contribution in [1.82, 2.24) is 28.5 Å². The minimum Gasteiger partial charge on any atom is -0.433 e. The molecule has 3 saturated heterocycles. The van der Waals surface area contributed by atoms with Gasteiger partial charge in [-0.15, -0.1) is 13.2 Å². The van der Waals surface area contributed by atoms with Gasteiger partial charge in [-0.1, -0.05) is 0 Å². The van der Waals surface area contributed by atoms with E-state index in [1.807, 2.05) is 0 Å². The second kappa shape index (κ2) is 24.8. The van der Waals surface area contributed by atoms with Gasteiger partial charge in [-0.25, -0.2) is 62.5 Å². The summed E-state index contributed by atoms with van der Waals surface area (Å²) in [6.07, 6.45) is -15.5. The van der Waals surface area contributed by atoms with Crippen LogP contribution in [0.1, 0.15) is 63.0 Å². The molecule has 2 aromatic carbocycles. The number of ketones is 2. The summed E-state index contributed by atoms with van der Waals surface area (Å²) >= 11 is 0. The Balaban J connectivity index is 0.000000236. The van der Waals surface area contributed by atoms with E-state index in [1.165, 1.54) is 19.9 Å². The monoisotopic (exact) mass is 1220 g/mol. The summed E-state index contributed by atoms with van der Waals surface area (Å²) in [7, 11) is -8.79. The number of alkyl halides is 12. The molecule has 82 heavy (non-hydrogen) atoms. The molecule has 0 N–H and O–H groups in total. The summed E-state index contributed by atoms with van der Waals surface area (Å²) in [6.45, 7) is -2.18. The average molecular weight is 1220 g/mol. The third-order valence-electron chi connectivity index (χ3n) is 13.6. The lowest BCUT2D eigenvalue weighted by atomic mass is 10.0. The van der Waals surface area contributed by atoms with Crippen molar-refractivity contribution in [2.24, 2.45) is 0 Å². The van der Waals surface area contributed by atoms with Crippen molar-refractivity contribution in [2.45, 2.75) is 136 Å². The summed E-state index contributed by atoms with van der Waals surface area (Å²) in [6, 6.07) is 4.70. The number of anilines is 1. The van der Waals surface area contributed by atoms with Gasteiger partial charge >= 0.3 is 19.2 Å². The van der Waals surface area contributed by atoms with Gasteiger partial charge in [0.15, 0.2) is 17.3 Å². The van der Waals surface area contributed by atoms with Crippen molar-refractivity contribution in [1.29, 1.82) is 0 Å². The molecule has 0 radical (unpaired) electrons. The number of aryl methyl sites for hydroxylation is 2. The number of piperidine rings is 1. The number of nitrogens with zero attached hydrogens (tertiary/aromatic N) is 7. The van der Waals surface area contributed by atoms with Gasteiger partial charge in [0.2, 0.25) is 25.9 Å². The van der Waals surface area contributed by atoms with E-state index in [0.717, 1.165) is 86.7 Å². The fourth-order valence-corrected chi connectivity index (χ4v) is 13.1. The Labute approximate surface area is 457 Å². The Bertz CT molecular complexity index is 3310. The molecule has 6 heterocycles. The topological polar surface area (TPSA) is 182 Å². The van der Waals surface area contributed by atoms with Crippen molar-refractivity contribution in [3.8, 4) is 16.9 Å². The Kier molecular flexibility index (Phi) is 19.0. The second-order valence-corrected chi connectivity index (χ2v) is 22.7. The first-order chi connectivity index (χ1) is 38.2. The quantitative estimate of drug-likeness (QED) is 0.0803. The fourth-order valence-electron chi connectivity index (χ4n) is 9.44. The van der Waals surface area contributed by atoms with Crippen molar-refractivity contribution < 1.29 is 102 Å². The van der Waals surface area contributed by atoms with Crippen LogP contribution in [-0.2, 0) is 53.4 Å². The van der Waals surface area contributed by atoms with Crippen molar-refractivity contribution >= 4 is 37.4 Å². The van der Waals surface area contributed by atoms with Crippen molar-refractivity contribution in [3.05, 3.63) is 120 Å². The van der Waals surface area contributed by atoms with E-state index in [9.17, 15) is 92.3 Å². The third-order valence-corrected chi connectivity index (χ3v) is 17.6. The number of benzene rings is 2. The van der Waals surface area contributed by atoms with Crippen LogP contribution in [0.4, 0.5) is 71.7 Å². The average Bonchev–Trinajstić information content (AvgIpc) is 4.13. The first kappa shape index (κ1) is 63.1. The normalized spacial score (nSPS) is 22.7. The van der Waals surface area contributed by atoms with Gasteiger partial charge in [0, 0.05) is 61.4 Å². The number of sulfonamides is 2. The molecule has 446 valence electrons. The summed E-state index contributed by atoms with van der Waals surface area (Å²) in [5.74, 6) is -9.67. The number of carbonyl (C=O) groups is 2. The fraction of sp³-hybridized carbons (Fsp3) is 0.440. The van der Waals surface area contributed by atoms with Crippen molar-refractivity contribution in [3.63, 3.8) is 0 Å². The minimum absolute atomic E-state index is 0.106. The van der Waals surface area contributed by atoms with E-state index in [-0.39, 0.29) is 63.8 Å². The highest BCUT2D eigenvalue weighted by molar-refractivity contribution is 7.89. The molecule has 3 fully saturated rings. The number of pyridine rings is 2. The summed E-state index contributed by atoms with van der Waals surface area (Å²) < 4.78 is 263. The highest BCUT2D eigenvalue weighted by Gasteiger charge is 2.52. The van der Waals surface area contributed by atoms with E-state index < -0.39 is 161 Å². The minimum atomic E-state index is -5.25. The lowest BCUT2D eigenvalue weighted by Gasteiger charge is -2.38. The molecule has 0 amide bonds. The molecule has 32 heteroatoms. The summed E-state index contributed by atoms with van der Waals surface area (Å²) in [5.41, 5.74) is -0.262. The van der Waals surface area contributed by atoms with Gasteiger partial charge in [-0.05, 0) is 99.3 Å². The number of ether oxygens (including phenoxy) is 2. The van der Waals surface area contributed by atoms with Crippen LogP contribution in [0.5, 0.6) is 5.75 Å². The first-order valence-corrected chi connectivity index (χ1v) is 27.3. The zero-order valence-corrected chi connectivity index (χ0v) is 44.1. The van der Waals surface area contributed by atoms with Crippen LogP contribution in [0.2, 0.25) is 0 Å². The molecule has 15 nitrogen and oxygen atoms in total. The third kappa shape index (κ3) is 14.6. The molecule has 3 aliphatic rings. The number of aromatic nitrogens is 4. The van der Waals surface area contributed by atoms with Gasteiger partial charge in [-0.3, -0.25) is 19.3 Å². The molecule has 0 bridgehead atoms. The highest BCUT2D eigenvalue weighted by atomic mass is 32.2. The first-order valence-electron chi connectivity index (χ1n) is 24.4. The highest BCUT2D eigenvalue weighted by Crippen LogP contribution is 2.39. The molecule has 0 saturated carbocycles. The van der Waals surface area contributed by atoms with E-state index in [1.54, 1.807) is 0 Å². The van der Waals surface area contributed by atoms with Gasteiger partial charge in [0.05, 0.1) is 52.9 Å². The molecular weight excluding hydrogens is 1180 g/mol. The Morgan fingerprint density at radius 1 is 0.707 bits per heavy atom. The smallest absolute Gasteiger partial charge is 0.433 e. The standard InChI is InChI=1S/C25H25F8N3O4S.C25H21F7N4O4S/c1-14-18(27)11-20(36(14)41(38,39)17-5-3-16(26)4-6-17)21(37)7-2-15-10-23(34-12-19(15)28)35-9-8-22(24(29,30)13-35)40-25(31,32)33;1-13-19(27)9-20(36(13)41(38,39)17-5-2-15(26)3-6-17)21(37)7-4-16-8-18(22(12-33-16)40-24(28)29)14-10-34-23(35-11-14)25(30,31)32/h3-6,10,12,14,18,20,22H,2,7-9,11,13H2,1H3;2-3,5-6,8,10-13,19-20,24H,4,7,9H2,1H3/t14-,18+,20-,22-;13-,19+,20-/m00/s1. The van der Waals surface area contributed by atoms with E-state index in [2.05, 4.69) is 29.4 Å². The van der Waals surface area contributed by atoms with E-state index in [4.69, 9.17) is 0 Å². The van der Waals surface area contributed by atoms with Gasteiger partial charge in [0.25, 0.3) is 5.92 Å². The van der Waals surface area contributed by atoms with Crippen LogP contribution in [0, 0.1) is 17.5 Å². The summed E-state index contributed by atoms with van der Waals surface area (Å²) in [5, 5.41) is 0. The SMILES string of the molecule is C[C@H]1[C@H](F)C[C@@H](C(=O)CCc2cc(-c3cnc(C(F)(F)F)nc3)c(OC(F)F)cn2)N1S(=O)(=O)c1ccc(F)cc1.C[C@H]1[C@H](F)C[C@@H](C(=O)CCc2cc(N3CC[C@H](OC(F)(F)F)C(F)(F)C3)ncc2F)N1S(=O)(=O)c1ccc(F)cc1. The maximum absolute atomic E-state index is 14.7. The van der Waals surface area contributed by atoms with Gasteiger partial charge in [0.1, 0.15) is 41.7 Å². The zero-order valence-electron chi connectivity index (χ0n) is 42.4. The number of halogens is 15. The van der Waals surface area contributed by atoms with Gasteiger partial charge in [-0.2, -0.15) is 30.6 Å². The molecule has 7 atom stereocenters. The lowest BCUT2D eigenvalue weighted by Crippen LogP contribution is -2.54. The van der Waals surface area contributed by atoms with Crippen LogP contribution in [0.3, 0.4) is 0 Å². The molecule has 0 aliphatic carbocycles. The van der Waals surface area contributed by atoms with Crippen LogP contribution in [-0.4, -0.2) is 132 Å². The Morgan fingerprint density at radius 3 is 1.67 bits per heavy atom. The number of rotatable bonds is 17. The van der Waals surface area contributed by atoms with Crippen LogP contribution >= 0.6 is 0 Å². The maximum Gasteiger partial charge on any atom is 0.522 e. The largest absolute Gasteiger partial charge is 0.522 e. The van der Waals surface area contributed by atoms with Gasteiger partial charge < -0.3 is 9.64 Å². The molecule has 0 unspecified atom stereocenters. The number of carbonyl (C=O) groups excluding carboxylic acids is 2. The molecular formula is C50H46F15N7O8S2. The van der Waals surface area contributed by atoms with E-state index in [0.29, 0.717) is 6.20 Å². The van der Waals surface area contributed by atoms with E-state index >= 15 is 0 Å². The molecule has 3 aromatic heterocycles. The predicted molar refractivity (Wildman–Crippen MR) is 257 cm³/mol. The number of hydrogen-bond donors (Lipinski definition) is 0. The van der Waals surface area contributed by atoms with Crippen LogP contribution in [0.15, 0.2) is 95.2 Å². The van der Waals surface area contributed by atoms with Crippen molar-refractivity contribution in [2.75, 3.05) is 18.0 Å². The Morgan fingerprint density at radius 2 is 1.21 bits per heavy atom. The lowest BCUT2D eigenvalue weighted by molar-refractivity contribution is -0.366. The number of hydrogen-bond acceptors (Lipinski definition) is 13. The second-order valence-electron chi connectivity index (χ2n) is 19.0. The summed E-state index contributed by atoms with van der Waals surface area (Å²) in [4.78, 5) is 40.6. The molecule has 3 aliphatic heterocycles. The number of Topliss-reactive ketones (excluding diaryl/α,β-unsaturated/α-hetero) is 2. The zero-order chi connectivity index (χ0) is 60.4. The maximum atomic E-state index is 14.7. The molecule has 5 aromatic rings.